The second-order valence-electron chi connectivity index (χ2n) is 7.82. The first-order valence-corrected chi connectivity index (χ1v) is 9.81. The molecule has 0 radical (unpaired) electrons. The molecular formula is C21H25ClN4O. The van der Waals surface area contributed by atoms with Crippen molar-refractivity contribution in [3.8, 4) is 0 Å². The van der Waals surface area contributed by atoms with Crippen LogP contribution in [-0.2, 0) is 11.3 Å². The van der Waals surface area contributed by atoms with Crippen molar-refractivity contribution in [2.45, 2.75) is 38.9 Å². The van der Waals surface area contributed by atoms with E-state index in [9.17, 15) is 4.79 Å². The highest BCUT2D eigenvalue weighted by Gasteiger charge is 2.43. The van der Waals surface area contributed by atoms with Crippen LogP contribution in [0.1, 0.15) is 23.1 Å². The summed E-state index contributed by atoms with van der Waals surface area (Å²) in [6, 6.07) is 11.0. The topological polar surface area (TPSA) is 48.5 Å². The number of nitrogens with one attached hydrogen (secondary N) is 1. The standard InChI is InChI=1S/C21H25ClN4O/c1-14-5-15(2)7-17(6-14)24-21(27)13-26-12-18-8-19(26)11-25(18)10-16-3-4-20(22)23-9-16/h3-7,9,18-19H,8,10-13H2,1-2H3,(H,24,27). The highest BCUT2D eigenvalue weighted by molar-refractivity contribution is 6.29. The summed E-state index contributed by atoms with van der Waals surface area (Å²) in [5.74, 6) is 0.0704. The van der Waals surface area contributed by atoms with E-state index in [4.69, 9.17) is 11.6 Å². The van der Waals surface area contributed by atoms with Crippen LogP contribution >= 0.6 is 11.6 Å². The number of rotatable bonds is 5. The second kappa shape index (κ2) is 7.58. The van der Waals surface area contributed by atoms with Crippen LogP contribution in [0.15, 0.2) is 36.5 Å². The summed E-state index contributed by atoms with van der Waals surface area (Å²) in [5.41, 5.74) is 4.40. The van der Waals surface area contributed by atoms with E-state index in [1.165, 1.54) is 5.56 Å². The van der Waals surface area contributed by atoms with Gasteiger partial charge in [0.2, 0.25) is 5.91 Å². The van der Waals surface area contributed by atoms with Gasteiger partial charge in [0.05, 0.1) is 6.54 Å². The predicted molar refractivity (Wildman–Crippen MR) is 108 cm³/mol. The fourth-order valence-corrected chi connectivity index (χ4v) is 4.50. The number of likely N-dealkylation sites (tertiary alicyclic amines) is 2. The molecule has 2 unspecified atom stereocenters. The van der Waals surface area contributed by atoms with Crippen molar-refractivity contribution in [3.05, 3.63) is 58.4 Å². The first-order valence-electron chi connectivity index (χ1n) is 9.43. The van der Waals surface area contributed by atoms with E-state index in [0.29, 0.717) is 23.8 Å². The molecule has 1 N–H and O–H groups in total. The number of anilines is 1. The lowest BCUT2D eigenvalue weighted by atomic mass is 10.1. The summed E-state index contributed by atoms with van der Waals surface area (Å²) in [7, 11) is 0. The fraction of sp³-hybridized carbons (Fsp3) is 0.429. The van der Waals surface area contributed by atoms with Crippen LogP contribution in [-0.4, -0.2) is 52.4 Å². The lowest BCUT2D eigenvalue weighted by molar-refractivity contribution is -0.117. The Balaban J connectivity index is 1.30. The average Bonchev–Trinajstić information content (AvgIpc) is 3.15. The average molecular weight is 385 g/mol. The maximum absolute atomic E-state index is 12.5. The molecule has 1 aromatic carbocycles. The molecule has 4 rings (SSSR count). The van der Waals surface area contributed by atoms with Gasteiger partial charge in [-0.25, -0.2) is 4.98 Å². The van der Waals surface area contributed by atoms with Gasteiger partial charge in [-0.05, 0) is 55.2 Å². The van der Waals surface area contributed by atoms with Crippen molar-refractivity contribution in [1.82, 2.24) is 14.8 Å². The maximum atomic E-state index is 12.5. The van der Waals surface area contributed by atoms with Crippen LogP contribution in [0.3, 0.4) is 0 Å². The summed E-state index contributed by atoms with van der Waals surface area (Å²) in [4.78, 5) is 21.5. The Morgan fingerprint density at radius 1 is 1.15 bits per heavy atom. The van der Waals surface area contributed by atoms with Crippen LogP contribution in [0.5, 0.6) is 0 Å². The molecule has 0 aliphatic carbocycles. The Bertz CT molecular complexity index is 818. The zero-order valence-corrected chi connectivity index (χ0v) is 16.5. The van der Waals surface area contributed by atoms with Crippen molar-refractivity contribution in [3.63, 3.8) is 0 Å². The summed E-state index contributed by atoms with van der Waals surface area (Å²) < 4.78 is 0. The Morgan fingerprint density at radius 2 is 1.85 bits per heavy atom. The zero-order valence-electron chi connectivity index (χ0n) is 15.8. The fourth-order valence-electron chi connectivity index (χ4n) is 4.39. The summed E-state index contributed by atoms with van der Waals surface area (Å²) in [6.07, 6.45) is 2.99. The molecule has 0 saturated carbocycles. The minimum Gasteiger partial charge on any atom is -0.325 e. The van der Waals surface area contributed by atoms with Crippen molar-refractivity contribution in [2.75, 3.05) is 25.0 Å². The van der Waals surface area contributed by atoms with E-state index >= 15 is 0 Å². The number of halogens is 1. The Labute approximate surface area is 165 Å². The van der Waals surface area contributed by atoms with Gasteiger partial charge in [-0.2, -0.15) is 0 Å². The minimum absolute atomic E-state index is 0.0704. The largest absolute Gasteiger partial charge is 0.325 e. The number of aryl methyl sites for hydroxylation is 2. The van der Waals surface area contributed by atoms with Crippen LogP contribution in [0, 0.1) is 13.8 Å². The van der Waals surface area contributed by atoms with E-state index in [2.05, 4.69) is 26.2 Å². The van der Waals surface area contributed by atoms with Gasteiger partial charge in [0, 0.05) is 43.6 Å². The van der Waals surface area contributed by atoms with Crippen molar-refractivity contribution in [1.29, 1.82) is 0 Å². The number of hydrogen-bond donors (Lipinski definition) is 1. The summed E-state index contributed by atoms with van der Waals surface area (Å²) in [6.45, 7) is 7.41. The normalized spacial score (nSPS) is 22.3. The molecule has 2 fully saturated rings. The van der Waals surface area contributed by atoms with Crippen molar-refractivity contribution >= 4 is 23.2 Å². The molecule has 1 aromatic heterocycles. The van der Waals surface area contributed by atoms with Gasteiger partial charge >= 0.3 is 0 Å². The number of benzene rings is 1. The Morgan fingerprint density at radius 3 is 2.48 bits per heavy atom. The lowest BCUT2D eigenvalue weighted by Crippen LogP contribution is -2.48. The molecule has 2 atom stereocenters. The van der Waals surface area contributed by atoms with Crippen LogP contribution in [0.4, 0.5) is 5.69 Å². The molecule has 2 aliphatic rings. The van der Waals surface area contributed by atoms with Gasteiger partial charge in [-0.15, -0.1) is 0 Å². The third-order valence-electron chi connectivity index (χ3n) is 5.49. The number of nitrogens with zero attached hydrogens (tertiary/aromatic N) is 3. The molecule has 0 spiro atoms. The molecule has 2 aliphatic heterocycles. The molecule has 3 heterocycles. The Kier molecular flexibility index (Phi) is 5.17. The number of amides is 1. The minimum atomic E-state index is 0.0704. The molecule has 6 heteroatoms. The van der Waals surface area contributed by atoms with Crippen LogP contribution in [0.25, 0.3) is 0 Å². The number of fused-ring (bicyclic) bond motifs is 2. The highest BCUT2D eigenvalue weighted by atomic mass is 35.5. The number of hydrogen-bond acceptors (Lipinski definition) is 4. The number of pyridine rings is 1. The monoisotopic (exact) mass is 384 g/mol. The van der Waals surface area contributed by atoms with Gasteiger partial charge in [-0.3, -0.25) is 14.6 Å². The molecule has 2 aromatic rings. The second-order valence-corrected chi connectivity index (χ2v) is 8.20. The highest BCUT2D eigenvalue weighted by Crippen LogP contribution is 2.31. The van der Waals surface area contributed by atoms with Crippen LogP contribution < -0.4 is 5.32 Å². The van der Waals surface area contributed by atoms with Gasteiger partial charge in [0.15, 0.2) is 0 Å². The molecular weight excluding hydrogens is 360 g/mol. The number of aromatic nitrogens is 1. The van der Waals surface area contributed by atoms with E-state index in [0.717, 1.165) is 42.9 Å². The molecule has 2 saturated heterocycles. The van der Waals surface area contributed by atoms with Gasteiger partial charge in [0.25, 0.3) is 0 Å². The molecule has 27 heavy (non-hydrogen) atoms. The van der Waals surface area contributed by atoms with Gasteiger partial charge < -0.3 is 5.32 Å². The van der Waals surface area contributed by atoms with E-state index < -0.39 is 0 Å². The Hall–Kier alpha value is -1.95. The van der Waals surface area contributed by atoms with Gasteiger partial charge in [-0.1, -0.05) is 23.7 Å². The SMILES string of the molecule is Cc1cc(C)cc(NC(=O)CN2CC3CC2CN3Cc2ccc(Cl)nc2)c1. The van der Waals surface area contributed by atoms with E-state index in [-0.39, 0.29) is 5.91 Å². The smallest absolute Gasteiger partial charge is 0.238 e. The van der Waals surface area contributed by atoms with E-state index in [1.807, 2.05) is 44.3 Å². The number of carbonyl (C=O) groups excluding carboxylic acids is 1. The lowest BCUT2D eigenvalue weighted by Gasteiger charge is -2.33. The number of carbonyl (C=O) groups is 1. The molecule has 1 amide bonds. The summed E-state index contributed by atoms with van der Waals surface area (Å²) >= 11 is 5.86. The maximum Gasteiger partial charge on any atom is 0.238 e. The van der Waals surface area contributed by atoms with Crippen molar-refractivity contribution < 1.29 is 4.79 Å². The van der Waals surface area contributed by atoms with Crippen molar-refractivity contribution in [2.24, 2.45) is 0 Å². The quantitative estimate of drug-likeness (QED) is 0.804. The zero-order chi connectivity index (χ0) is 19.0. The number of piperazine rings is 1. The third kappa shape index (κ3) is 4.32. The first kappa shape index (κ1) is 18.4. The molecule has 142 valence electrons. The van der Waals surface area contributed by atoms with Gasteiger partial charge in [0.1, 0.15) is 5.15 Å². The van der Waals surface area contributed by atoms with Crippen LogP contribution in [0.2, 0.25) is 5.15 Å². The first-order chi connectivity index (χ1) is 13.0. The molecule has 5 nitrogen and oxygen atoms in total. The third-order valence-corrected chi connectivity index (χ3v) is 5.72. The van der Waals surface area contributed by atoms with E-state index in [1.54, 1.807) is 0 Å². The summed E-state index contributed by atoms with van der Waals surface area (Å²) in [5, 5.41) is 3.58. The predicted octanol–water partition coefficient (Wildman–Crippen LogP) is 3.25. The molecule has 2 bridgehead atoms.